The lowest BCUT2D eigenvalue weighted by molar-refractivity contribution is 0.0947. The van der Waals surface area contributed by atoms with Crippen LogP contribution in [0.1, 0.15) is 27.9 Å². The maximum atomic E-state index is 12.6. The van der Waals surface area contributed by atoms with Crippen LogP contribution in [0.5, 0.6) is 5.75 Å². The first-order chi connectivity index (χ1) is 15.2. The topological polar surface area (TPSA) is 50.4 Å². The molecule has 0 fully saturated rings. The maximum absolute atomic E-state index is 12.6. The average Bonchev–Trinajstić information content (AvgIpc) is 2.82. The van der Waals surface area contributed by atoms with Gasteiger partial charge in [-0.3, -0.25) is 4.79 Å². The number of amides is 1. The van der Waals surface area contributed by atoms with E-state index in [1.165, 1.54) is 5.56 Å². The molecule has 1 amide bonds. The summed E-state index contributed by atoms with van der Waals surface area (Å²) in [5.41, 5.74) is 2.95. The van der Waals surface area contributed by atoms with Gasteiger partial charge in [0.2, 0.25) is 0 Å². The van der Waals surface area contributed by atoms with Crippen LogP contribution in [0.15, 0.2) is 84.9 Å². The Labute approximate surface area is 190 Å². The Hall–Kier alpha value is -2.76. The minimum atomic E-state index is -0.144. The number of hydrogen-bond donors (Lipinski definition) is 3. The number of para-hydroxylation sites is 1. The number of carbonyl (C=O) groups excluding carboxylic acids is 1. The van der Waals surface area contributed by atoms with Gasteiger partial charge < -0.3 is 15.4 Å². The molecule has 0 saturated heterocycles. The summed E-state index contributed by atoms with van der Waals surface area (Å²) in [5, 5.41) is 6.43. The summed E-state index contributed by atoms with van der Waals surface area (Å²) >= 11 is 4.62. The molecule has 0 saturated carbocycles. The molecule has 1 atom stereocenters. The Kier molecular flexibility index (Phi) is 9.48. The molecule has 162 valence electrons. The van der Waals surface area contributed by atoms with Crippen molar-refractivity contribution in [3.05, 3.63) is 102 Å². The van der Waals surface area contributed by atoms with Crippen LogP contribution in [-0.4, -0.2) is 30.9 Å². The molecule has 0 aromatic heterocycles. The number of ether oxygens (including phenoxy) is 1. The van der Waals surface area contributed by atoms with Crippen LogP contribution >= 0.6 is 12.6 Å². The van der Waals surface area contributed by atoms with Crippen LogP contribution < -0.4 is 15.4 Å². The SMILES string of the molecule is O=C(NCc1ccccc1)c1ccccc1OCC(S)CNCCCc1ccccc1. The molecular weight excluding hydrogens is 404 g/mol. The molecule has 0 bridgehead atoms. The van der Waals surface area contributed by atoms with E-state index >= 15 is 0 Å². The molecule has 3 rings (SSSR count). The predicted octanol–water partition coefficient (Wildman–Crippen LogP) is 4.52. The normalized spacial score (nSPS) is 11.6. The quantitative estimate of drug-likeness (QED) is 0.290. The molecule has 1 unspecified atom stereocenters. The fourth-order valence-electron chi connectivity index (χ4n) is 3.23. The Morgan fingerprint density at radius 1 is 0.871 bits per heavy atom. The van der Waals surface area contributed by atoms with E-state index in [9.17, 15) is 4.79 Å². The molecule has 0 radical (unpaired) electrons. The Bertz CT molecular complexity index is 919. The van der Waals surface area contributed by atoms with E-state index in [0.717, 1.165) is 31.5 Å². The molecule has 0 spiro atoms. The average molecular weight is 435 g/mol. The van der Waals surface area contributed by atoms with Gasteiger partial charge in [0.25, 0.3) is 5.91 Å². The number of carbonyl (C=O) groups is 1. The van der Waals surface area contributed by atoms with Crippen molar-refractivity contribution in [1.29, 1.82) is 0 Å². The zero-order valence-corrected chi connectivity index (χ0v) is 18.6. The standard InChI is InChI=1S/C26H30N2O2S/c29-26(28-18-22-12-5-2-6-13-22)24-15-7-8-16-25(24)30-20-23(31)19-27-17-9-14-21-10-3-1-4-11-21/h1-8,10-13,15-16,23,27,31H,9,14,17-20H2,(H,28,29). The number of nitrogens with one attached hydrogen (secondary N) is 2. The number of benzene rings is 3. The fraction of sp³-hybridized carbons (Fsp3) is 0.269. The van der Waals surface area contributed by atoms with E-state index in [1.807, 2.05) is 54.6 Å². The van der Waals surface area contributed by atoms with E-state index in [1.54, 1.807) is 6.07 Å². The van der Waals surface area contributed by atoms with Crippen molar-refractivity contribution in [3.63, 3.8) is 0 Å². The summed E-state index contributed by atoms with van der Waals surface area (Å²) in [4.78, 5) is 12.6. The largest absolute Gasteiger partial charge is 0.492 e. The molecule has 3 aromatic rings. The lowest BCUT2D eigenvalue weighted by Crippen LogP contribution is -2.29. The highest BCUT2D eigenvalue weighted by Crippen LogP contribution is 2.18. The van der Waals surface area contributed by atoms with Crippen LogP contribution in [0.2, 0.25) is 0 Å². The van der Waals surface area contributed by atoms with E-state index in [0.29, 0.717) is 24.5 Å². The van der Waals surface area contributed by atoms with Crippen LogP contribution in [-0.2, 0) is 13.0 Å². The van der Waals surface area contributed by atoms with Crippen LogP contribution in [0, 0.1) is 0 Å². The monoisotopic (exact) mass is 434 g/mol. The zero-order chi connectivity index (χ0) is 21.7. The smallest absolute Gasteiger partial charge is 0.255 e. The molecule has 0 aliphatic carbocycles. The highest BCUT2D eigenvalue weighted by Gasteiger charge is 2.13. The van der Waals surface area contributed by atoms with Crippen molar-refractivity contribution in [2.75, 3.05) is 19.7 Å². The summed E-state index contributed by atoms with van der Waals surface area (Å²) in [5.74, 6) is 0.436. The number of aryl methyl sites for hydroxylation is 1. The lowest BCUT2D eigenvalue weighted by atomic mass is 10.1. The van der Waals surface area contributed by atoms with Gasteiger partial charge in [-0.15, -0.1) is 0 Å². The van der Waals surface area contributed by atoms with Crippen molar-refractivity contribution in [1.82, 2.24) is 10.6 Å². The highest BCUT2D eigenvalue weighted by molar-refractivity contribution is 7.81. The van der Waals surface area contributed by atoms with Crippen molar-refractivity contribution >= 4 is 18.5 Å². The van der Waals surface area contributed by atoms with Gasteiger partial charge in [0.1, 0.15) is 12.4 Å². The van der Waals surface area contributed by atoms with Gasteiger partial charge in [0.15, 0.2) is 0 Å². The van der Waals surface area contributed by atoms with Gasteiger partial charge in [0.05, 0.1) is 5.56 Å². The highest BCUT2D eigenvalue weighted by atomic mass is 32.1. The van der Waals surface area contributed by atoms with Crippen molar-refractivity contribution in [2.45, 2.75) is 24.6 Å². The first kappa shape index (κ1) is 22.9. The van der Waals surface area contributed by atoms with Crippen molar-refractivity contribution < 1.29 is 9.53 Å². The summed E-state index contributed by atoms with van der Waals surface area (Å²) in [7, 11) is 0. The second-order valence-corrected chi connectivity index (χ2v) is 8.15. The second-order valence-electron chi connectivity index (χ2n) is 7.42. The maximum Gasteiger partial charge on any atom is 0.255 e. The van der Waals surface area contributed by atoms with E-state index in [-0.39, 0.29) is 11.2 Å². The summed E-state index contributed by atoms with van der Waals surface area (Å²) in [6.07, 6.45) is 2.14. The molecule has 0 aliphatic rings. The lowest BCUT2D eigenvalue weighted by Gasteiger charge is -2.16. The molecule has 0 heterocycles. The molecular formula is C26H30N2O2S. The number of thiol groups is 1. The van der Waals surface area contributed by atoms with Crippen molar-refractivity contribution in [3.8, 4) is 5.75 Å². The summed E-state index contributed by atoms with van der Waals surface area (Å²) in [6, 6.07) is 27.7. The van der Waals surface area contributed by atoms with Gasteiger partial charge in [-0.2, -0.15) is 12.6 Å². The molecule has 3 aromatic carbocycles. The predicted molar refractivity (Wildman–Crippen MR) is 130 cm³/mol. The van der Waals surface area contributed by atoms with Gasteiger partial charge in [0, 0.05) is 18.3 Å². The summed E-state index contributed by atoms with van der Waals surface area (Å²) in [6.45, 7) is 2.60. The van der Waals surface area contributed by atoms with Crippen LogP contribution in [0.3, 0.4) is 0 Å². The Balaban J connectivity index is 1.39. The van der Waals surface area contributed by atoms with Crippen molar-refractivity contribution in [2.24, 2.45) is 0 Å². The van der Waals surface area contributed by atoms with Gasteiger partial charge in [-0.05, 0) is 42.6 Å². The van der Waals surface area contributed by atoms with E-state index in [4.69, 9.17) is 4.74 Å². The van der Waals surface area contributed by atoms with E-state index < -0.39 is 0 Å². The van der Waals surface area contributed by atoms with E-state index in [2.05, 4.69) is 47.5 Å². The Morgan fingerprint density at radius 2 is 1.52 bits per heavy atom. The first-order valence-electron chi connectivity index (χ1n) is 10.7. The minimum Gasteiger partial charge on any atom is -0.492 e. The van der Waals surface area contributed by atoms with Gasteiger partial charge in [-0.1, -0.05) is 72.8 Å². The third-order valence-electron chi connectivity index (χ3n) is 4.90. The molecule has 5 heteroatoms. The zero-order valence-electron chi connectivity index (χ0n) is 17.7. The van der Waals surface area contributed by atoms with Crippen LogP contribution in [0.4, 0.5) is 0 Å². The number of rotatable bonds is 12. The number of hydrogen-bond acceptors (Lipinski definition) is 4. The third kappa shape index (κ3) is 8.12. The molecule has 2 N–H and O–H groups in total. The van der Waals surface area contributed by atoms with Crippen LogP contribution in [0.25, 0.3) is 0 Å². The van der Waals surface area contributed by atoms with Gasteiger partial charge in [-0.25, -0.2) is 0 Å². The summed E-state index contributed by atoms with van der Waals surface area (Å²) < 4.78 is 5.92. The first-order valence-corrected chi connectivity index (χ1v) is 11.2. The third-order valence-corrected chi connectivity index (χ3v) is 5.23. The molecule has 4 nitrogen and oxygen atoms in total. The van der Waals surface area contributed by atoms with Gasteiger partial charge >= 0.3 is 0 Å². The minimum absolute atomic E-state index is 0.0390. The fourth-order valence-corrected chi connectivity index (χ4v) is 3.43. The second kappa shape index (κ2) is 12.8. The Morgan fingerprint density at radius 3 is 2.26 bits per heavy atom. The molecule has 31 heavy (non-hydrogen) atoms. The molecule has 0 aliphatic heterocycles.